The lowest BCUT2D eigenvalue weighted by molar-refractivity contribution is 0.101. The molecule has 0 bridgehead atoms. The van der Waals surface area contributed by atoms with Crippen LogP contribution in [0.4, 0.5) is 0 Å². The van der Waals surface area contributed by atoms with E-state index in [1.165, 1.54) is 37.4 Å². The summed E-state index contributed by atoms with van der Waals surface area (Å²) < 4.78 is 46.6. The molecule has 1 aliphatic heterocycles. The third-order valence-corrected chi connectivity index (χ3v) is 6.15. The molecular formula is C24H20O7S. The monoisotopic (exact) mass is 452 g/mol. The minimum atomic E-state index is -4.02. The summed E-state index contributed by atoms with van der Waals surface area (Å²) in [5, 5.41) is 0. The maximum atomic E-state index is 12.8. The molecule has 0 radical (unpaired) electrons. The Morgan fingerprint density at radius 3 is 2.28 bits per heavy atom. The number of hydrogen-bond acceptors (Lipinski definition) is 7. The highest BCUT2D eigenvalue weighted by Gasteiger charge is 2.29. The highest BCUT2D eigenvalue weighted by Crippen LogP contribution is 2.37. The summed E-state index contributed by atoms with van der Waals surface area (Å²) in [5.41, 5.74) is 1.87. The summed E-state index contributed by atoms with van der Waals surface area (Å²) in [6.45, 7) is 1.86. The number of ketones is 1. The second-order valence-corrected chi connectivity index (χ2v) is 8.60. The third-order valence-electron chi connectivity index (χ3n) is 4.88. The summed E-state index contributed by atoms with van der Waals surface area (Å²) in [6, 6.07) is 15.8. The van der Waals surface area contributed by atoms with E-state index in [0.717, 1.165) is 5.56 Å². The molecule has 4 rings (SSSR count). The molecule has 0 fully saturated rings. The van der Waals surface area contributed by atoms with E-state index in [1.807, 2.05) is 6.92 Å². The smallest absolute Gasteiger partial charge is 0.339 e. The van der Waals surface area contributed by atoms with Crippen molar-refractivity contribution in [2.24, 2.45) is 0 Å². The third kappa shape index (κ3) is 4.17. The van der Waals surface area contributed by atoms with Crippen LogP contribution in [0.1, 0.15) is 21.5 Å². The highest BCUT2D eigenvalue weighted by atomic mass is 32.2. The van der Waals surface area contributed by atoms with Crippen LogP contribution in [0.2, 0.25) is 0 Å². The number of rotatable bonds is 6. The van der Waals surface area contributed by atoms with E-state index in [1.54, 1.807) is 43.5 Å². The Morgan fingerprint density at radius 2 is 1.59 bits per heavy atom. The van der Waals surface area contributed by atoms with Gasteiger partial charge in [-0.1, -0.05) is 17.7 Å². The fourth-order valence-electron chi connectivity index (χ4n) is 3.18. The SMILES string of the molecule is COc1ccc(C=C2Oc3cc(OS(=O)(=O)c4ccc(C)cc4)ccc3C2=O)c(OC)c1. The number of fused-ring (bicyclic) bond motifs is 1. The van der Waals surface area contributed by atoms with E-state index in [2.05, 4.69) is 0 Å². The van der Waals surface area contributed by atoms with Crippen molar-refractivity contribution < 1.29 is 31.6 Å². The molecule has 3 aromatic carbocycles. The average molecular weight is 452 g/mol. The Kier molecular flexibility index (Phi) is 5.63. The van der Waals surface area contributed by atoms with Gasteiger partial charge in [0.1, 0.15) is 27.9 Å². The van der Waals surface area contributed by atoms with Gasteiger partial charge in [0, 0.05) is 17.7 Å². The first kappa shape index (κ1) is 21.5. The van der Waals surface area contributed by atoms with Gasteiger partial charge in [0.05, 0.1) is 19.8 Å². The van der Waals surface area contributed by atoms with Crippen molar-refractivity contribution in [3.8, 4) is 23.0 Å². The quantitative estimate of drug-likeness (QED) is 0.405. The minimum absolute atomic E-state index is 0.0350. The van der Waals surface area contributed by atoms with Gasteiger partial charge in [0.15, 0.2) is 5.76 Å². The second-order valence-electron chi connectivity index (χ2n) is 7.06. The zero-order valence-electron chi connectivity index (χ0n) is 17.6. The molecule has 164 valence electrons. The van der Waals surface area contributed by atoms with E-state index < -0.39 is 10.1 Å². The number of methoxy groups -OCH3 is 2. The Hall–Kier alpha value is -3.78. The molecule has 8 heteroatoms. The van der Waals surface area contributed by atoms with Gasteiger partial charge in [0.2, 0.25) is 5.78 Å². The van der Waals surface area contributed by atoms with Gasteiger partial charge in [-0.2, -0.15) is 8.42 Å². The molecule has 0 spiro atoms. The zero-order chi connectivity index (χ0) is 22.9. The van der Waals surface area contributed by atoms with Crippen LogP contribution in [-0.2, 0) is 10.1 Å². The standard InChI is InChI=1S/C24H20O7S/c1-15-4-9-19(10-5-15)32(26,27)31-18-8-11-20-22(14-18)30-23(24(20)25)12-16-6-7-17(28-2)13-21(16)29-3/h4-14H,1-3H3. The number of benzene rings is 3. The van der Waals surface area contributed by atoms with Crippen molar-refractivity contribution in [3.05, 3.63) is 83.1 Å². The Morgan fingerprint density at radius 1 is 0.875 bits per heavy atom. The van der Waals surface area contributed by atoms with Crippen LogP contribution in [0.5, 0.6) is 23.0 Å². The number of aryl methyl sites for hydroxylation is 1. The summed E-state index contributed by atoms with van der Waals surface area (Å²) in [5.74, 6) is 1.14. The van der Waals surface area contributed by atoms with Crippen LogP contribution in [0.25, 0.3) is 6.08 Å². The molecular weight excluding hydrogens is 432 g/mol. The maximum absolute atomic E-state index is 12.8. The summed E-state index contributed by atoms with van der Waals surface area (Å²) in [7, 11) is -0.960. The largest absolute Gasteiger partial charge is 0.497 e. The fourth-order valence-corrected chi connectivity index (χ4v) is 4.10. The molecule has 0 atom stereocenters. The molecule has 0 saturated heterocycles. The van der Waals surface area contributed by atoms with Crippen molar-refractivity contribution in [3.63, 3.8) is 0 Å². The number of Topliss-reactive ketones (excluding diaryl/α,β-unsaturated/α-hetero) is 1. The van der Waals surface area contributed by atoms with Crippen molar-refractivity contribution in [1.82, 2.24) is 0 Å². The molecule has 0 unspecified atom stereocenters. The predicted octanol–water partition coefficient (Wildman–Crippen LogP) is 4.40. The van der Waals surface area contributed by atoms with E-state index in [0.29, 0.717) is 22.6 Å². The van der Waals surface area contributed by atoms with E-state index in [-0.39, 0.29) is 27.9 Å². The van der Waals surface area contributed by atoms with Crippen molar-refractivity contribution in [2.75, 3.05) is 14.2 Å². The van der Waals surface area contributed by atoms with Gasteiger partial charge in [-0.25, -0.2) is 0 Å². The number of hydrogen-bond donors (Lipinski definition) is 0. The molecule has 0 aliphatic carbocycles. The Balaban J connectivity index is 1.60. The second kappa shape index (κ2) is 8.39. The Bertz CT molecular complexity index is 1320. The molecule has 0 aromatic heterocycles. The van der Waals surface area contributed by atoms with Crippen LogP contribution in [0.3, 0.4) is 0 Å². The topological polar surface area (TPSA) is 88.1 Å². The number of allylic oxidation sites excluding steroid dienone is 1. The van der Waals surface area contributed by atoms with Gasteiger partial charge >= 0.3 is 10.1 Å². The summed E-state index contributed by atoms with van der Waals surface area (Å²) in [4.78, 5) is 12.8. The van der Waals surface area contributed by atoms with Gasteiger partial charge in [0.25, 0.3) is 0 Å². The first-order chi connectivity index (χ1) is 15.3. The first-order valence-electron chi connectivity index (χ1n) is 9.62. The lowest BCUT2D eigenvalue weighted by Crippen LogP contribution is -2.09. The lowest BCUT2D eigenvalue weighted by atomic mass is 10.1. The van der Waals surface area contributed by atoms with Gasteiger partial charge in [-0.05, 0) is 49.4 Å². The predicted molar refractivity (Wildman–Crippen MR) is 118 cm³/mol. The Labute approximate surface area is 185 Å². The van der Waals surface area contributed by atoms with E-state index in [9.17, 15) is 13.2 Å². The average Bonchev–Trinajstić information content (AvgIpc) is 3.08. The molecule has 1 aliphatic rings. The summed E-state index contributed by atoms with van der Waals surface area (Å²) in [6.07, 6.45) is 1.56. The summed E-state index contributed by atoms with van der Waals surface area (Å²) >= 11 is 0. The molecule has 0 N–H and O–H groups in total. The van der Waals surface area contributed by atoms with Crippen molar-refractivity contribution >= 4 is 22.0 Å². The normalized spacial score (nSPS) is 14.1. The molecule has 0 saturated carbocycles. The fraction of sp³-hybridized carbons (Fsp3) is 0.125. The molecule has 7 nitrogen and oxygen atoms in total. The highest BCUT2D eigenvalue weighted by molar-refractivity contribution is 7.87. The van der Waals surface area contributed by atoms with E-state index in [4.69, 9.17) is 18.4 Å². The maximum Gasteiger partial charge on any atom is 0.339 e. The van der Waals surface area contributed by atoms with Crippen LogP contribution in [-0.4, -0.2) is 28.4 Å². The van der Waals surface area contributed by atoms with Gasteiger partial charge in [-0.15, -0.1) is 0 Å². The minimum Gasteiger partial charge on any atom is -0.497 e. The number of carbonyl (C=O) groups excluding carboxylic acids is 1. The molecule has 0 amide bonds. The van der Waals surface area contributed by atoms with E-state index >= 15 is 0 Å². The van der Waals surface area contributed by atoms with Crippen molar-refractivity contribution in [2.45, 2.75) is 11.8 Å². The van der Waals surface area contributed by atoms with Gasteiger partial charge < -0.3 is 18.4 Å². The zero-order valence-corrected chi connectivity index (χ0v) is 18.4. The van der Waals surface area contributed by atoms with Crippen LogP contribution >= 0.6 is 0 Å². The number of carbonyl (C=O) groups is 1. The van der Waals surface area contributed by atoms with Crippen LogP contribution in [0.15, 0.2) is 71.3 Å². The molecule has 32 heavy (non-hydrogen) atoms. The number of ether oxygens (including phenoxy) is 3. The first-order valence-corrected chi connectivity index (χ1v) is 11.0. The van der Waals surface area contributed by atoms with Crippen LogP contribution in [0, 0.1) is 6.92 Å². The molecule has 1 heterocycles. The molecule has 3 aromatic rings. The lowest BCUT2D eigenvalue weighted by Gasteiger charge is -2.08. The van der Waals surface area contributed by atoms with Crippen molar-refractivity contribution in [1.29, 1.82) is 0 Å². The van der Waals surface area contributed by atoms with Crippen LogP contribution < -0.4 is 18.4 Å². The van der Waals surface area contributed by atoms with Gasteiger partial charge in [-0.3, -0.25) is 4.79 Å².